The van der Waals surface area contributed by atoms with Gasteiger partial charge in [0.1, 0.15) is 6.10 Å². The van der Waals surface area contributed by atoms with Crippen molar-refractivity contribution in [1.82, 2.24) is 0 Å². The van der Waals surface area contributed by atoms with Gasteiger partial charge >= 0.3 is 0 Å². The first-order valence-electron chi connectivity index (χ1n) is 9.13. The summed E-state index contributed by atoms with van der Waals surface area (Å²) in [5, 5.41) is 9.59. The third-order valence-electron chi connectivity index (χ3n) is 3.66. The molecule has 0 spiro atoms. The summed E-state index contributed by atoms with van der Waals surface area (Å²) in [5.41, 5.74) is -0.674. The lowest BCUT2D eigenvalue weighted by atomic mass is 10.0. The Kier molecular flexibility index (Phi) is 11.3. The highest BCUT2D eigenvalue weighted by Crippen LogP contribution is 2.20. The summed E-state index contributed by atoms with van der Waals surface area (Å²) in [6.45, 7) is 17.8. The third-order valence-corrected chi connectivity index (χ3v) is 3.66. The highest BCUT2D eigenvalue weighted by Gasteiger charge is 2.26. The summed E-state index contributed by atoms with van der Waals surface area (Å²) in [6, 6.07) is 0. The Labute approximate surface area is 149 Å². The van der Waals surface area contributed by atoms with Crippen molar-refractivity contribution in [2.24, 2.45) is 0 Å². The monoisotopic (exact) mass is 348 g/mol. The first-order chi connectivity index (χ1) is 11.0. The maximum absolute atomic E-state index is 9.59. The standard InChI is InChI=1S/C19H40O5/c1-15(2)21-11-9-18(5,6)23-14-17(13-20)24-19(7,8)10-12-22-16(3)4/h15-17,20H,9-14H2,1-8H3. The van der Waals surface area contributed by atoms with Crippen LogP contribution in [0.2, 0.25) is 0 Å². The van der Waals surface area contributed by atoms with Gasteiger partial charge in [-0.3, -0.25) is 0 Å². The van der Waals surface area contributed by atoms with E-state index in [-0.39, 0.29) is 36.1 Å². The lowest BCUT2D eigenvalue weighted by molar-refractivity contribution is -0.152. The highest BCUT2D eigenvalue weighted by molar-refractivity contribution is 4.74. The molecule has 1 atom stereocenters. The fourth-order valence-electron chi connectivity index (χ4n) is 2.11. The molecule has 0 aliphatic carbocycles. The van der Waals surface area contributed by atoms with E-state index in [9.17, 15) is 5.11 Å². The fourth-order valence-corrected chi connectivity index (χ4v) is 2.11. The molecule has 5 heteroatoms. The van der Waals surface area contributed by atoms with E-state index >= 15 is 0 Å². The van der Waals surface area contributed by atoms with Gasteiger partial charge in [0.25, 0.3) is 0 Å². The van der Waals surface area contributed by atoms with Crippen LogP contribution in [0.5, 0.6) is 0 Å². The number of aliphatic hydroxyl groups excluding tert-OH is 1. The van der Waals surface area contributed by atoms with E-state index in [1.165, 1.54) is 0 Å². The quantitative estimate of drug-likeness (QED) is 0.520. The van der Waals surface area contributed by atoms with Crippen molar-refractivity contribution in [3.63, 3.8) is 0 Å². The van der Waals surface area contributed by atoms with Gasteiger partial charge in [-0.1, -0.05) is 0 Å². The second-order valence-electron chi connectivity index (χ2n) is 8.09. The van der Waals surface area contributed by atoms with Crippen molar-refractivity contribution >= 4 is 0 Å². The van der Waals surface area contributed by atoms with Crippen molar-refractivity contribution < 1.29 is 24.1 Å². The number of hydrogen-bond donors (Lipinski definition) is 1. The first kappa shape index (κ1) is 23.8. The minimum atomic E-state index is -0.365. The number of aliphatic hydroxyl groups is 1. The molecule has 0 amide bonds. The first-order valence-corrected chi connectivity index (χ1v) is 9.13. The number of ether oxygens (including phenoxy) is 4. The number of rotatable bonds is 14. The third kappa shape index (κ3) is 13.1. The molecule has 0 aliphatic rings. The van der Waals surface area contributed by atoms with E-state index < -0.39 is 0 Å². The Morgan fingerprint density at radius 1 is 0.792 bits per heavy atom. The summed E-state index contributed by atoms with van der Waals surface area (Å²) >= 11 is 0. The van der Waals surface area contributed by atoms with E-state index in [1.807, 2.05) is 55.4 Å². The zero-order valence-corrected chi connectivity index (χ0v) is 17.1. The molecule has 5 nitrogen and oxygen atoms in total. The van der Waals surface area contributed by atoms with Gasteiger partial charge in [-0.2, -0.15) is 0 Å². The summed E-state index contributed by atoms with van der Waals surface area (Å²) < 4.78 is 23.1. The Bertz CT molecular complexity index is 313. The van der Waals surface area contributed by atoms with Crippen molar-refractivity contribution in [2.75, 3.05) is 26.4 Å². The lowest BCUT2D eigenvalue weighted by Gasteiger charge is -2.33. The zero-order chi connectivity index (χ0) is 18.8. The van der Waals surface area contributed by atoms with Crippen LogP contribution in [0.15, 0.2) is 0 Å². The molecule has 0 bridgehead atoms. The van der Waals surface area contributed by atoms with Crippen molar-refractivity contribution in [3.8, 4) is 0 Å². The van der Waals surface area contributed by atoms with Crippen molar-refractivity contribution in [3.05, 3.63) is 0 Å². The van der Waals surface area contributed by atoms with Crippen molar-refractivity contribution in [2.45, 2.75) is 97.7 Å². The molecule has 0 aromatic heterocycles. The molecule has 0 rings (SSSR count). The molecule has 0 aromatic carbocycles. The van der Waals surface area contributed by atoms with Gasteiger partial charge in [-0.15, -0.1) is 0 Å². The number of hydrogen-bond acceptors (Lipinski definition) is 5. The fraction of sp³-hybridized carbons (Fsp3) is 1.00. The predicted octanol–water partition coefficient (Wildman–Crippen LogP) is 3.57. The van der Waals surface area contributed by atoms with E-state index in [0.29, 0.717) is 19.8 Å². The van der Waals surface area contributed by atoms with Crippen LogP contribution in [0, 0.1) is 0 Å². The Morgan fingerprint density at radius 3 is 1.67 bits per heavy atom. The maximum atomic E-state index is 9.59. The van der Waals surface area contributed by atoms with Crippen LogP contribution in [0.3, 0.4) is 0 Å². The van der Waals surface area contributed by atoms with Crippen LogP contribution in [0.25, 0.3) is 0 Å². The molecule has 0 aromatic rings. The van der Waals surface area contributed by atoms with E-state index in [4.69, 9.17) is 18.9 Å². The van der Waals surface area contributed by atoms with Crippen LogP contribution < -0.4 is 0 Å². The van der Waals surface area contributed by atoms with Crippen LogP contribution in [0.1, 0.15) is 68.2 Å². The summed E-state index contributed by atoms with van der Waals surface area (Å²) in [6.07, 6.45) is 1.67. The molecule has 0 saturated heterocycles. The largest absolute Gasteiger partial charge is 0.394 e. The van der Waals surface area contributed by atoms with Gasteiger partial charge in [-0.05, 0) is 68.2 Å². The average Bonchev–Trinajstić information content (AvgIpc) is 2.42. The van der Waals surface area contributed by atoms with Gasteiger partial charge in [-0.25, -0.2) is 0 Å². The summed E-state index contributed by atoms with van der Waals surface area (Å²) in [4.78, 5) is 0. The Balaban J connectivity index is 4.24. The van der Waals surface area contributed by atoms with Gasteiger partial charge < -0.3 is 24.1 Å². The zero-order valence-electron chi connectivity index (χ0n) is 17.1. The van der Waals surface area contributed by atoms with Crippen LogP contribution in [-0.4, -0.2) is 61.0 Å². The van der Waals surface area contributed by atoms with Crippen LogP contribution in [-0.2, 0) is 18.9 Å². The Hall–Kier alpha value is -0.200. The minimum Gasteiger partial charge on any atom is -0.394 e. The second kappa shape index (κ2) is 11.4. The minimum absolute atomic E-state index is 0.0625. The van der Waals surface area contributed by atoms with Gasteiger partial charge in [0.2, 0.25) is 0 Å². The van der Waals surface area contributed by atoms with Gasteiger partial charge in [0.05, 0.1) is 36.6 Å². The molecule has 0 saturated carbocycles. The molecule has 0 heterocycles. The molecule has 0 fully saturated rings. The second-order valence-corrected chi connectivity index (χ2v) is 8.09. The molecule has 1 unspecified atom stereocenters. The summed E-state index contributed by atoms with van der Waals surface area (Å²) in [5.74, 6) is 0. The molecule has 1 N–H and O–H groups in total. The van der Waals surface area contributed by atoms with E-state index in [1.54, 1.807) is 0 Å². The molecule has 146 valence electrons. The average molecular weight is 349 g/mol. The van der Waals surface area contributed by atoms with E-state index in [0.717, 1.165) is 12.8 Å². The van der Waals surface area contributed by atoms with Crippen LogP contribution in [0.4, 0.5) is 0 Å². The molecule has 0 radical (unpaired) electrons. The lowest BCUT2D eigenvalue weighted by Crippen LogP contribution is -2.39. The topological polar surface area (TPSA) is 57.2 Å². The molecule has 24 heavy (non-hydrogen) atoms. The maximum Gasteiger partial charge on any atom is 0.105 e. The predicted molar refractivity (Wildman–Crippen MR) is 97.5 cm³/mol. The molecular formula is C19H40O5. The van der Waals surface area contributed by atoms with Gasteiger partial charge in [0.15, 0.2) is 0 Å². The Morgan fingerprint density at radius 2 is 1.25 bits per heavy atom. The summed E-state index contributed by atoms with van der Waals surface area (Å²) in [7, 11) is 0. The molecular weight excluding hydrogens is 308 g/mol. The van der Waals surface area contributed by atoms with Crippen LogP contribution >= 0.6 is 0 Å². The van der Waals surface area contributed by atoms with E-state index in [2.05, 4.69) is 0 Å². The van der Waals surface area contributed by atoms with Gasteiger partial charge in [0, 0.05) is 13.2 Å². The highest BCUT2D eigenvalue weighted by atomic mass is 16.6. The smallest absolute Gasteiger partial charge is 0.105 e. The molecule has 0 aliphatic heterocycles. The SMILES string of the molecule is CC(C)OCCC(C)(C)OCC(CO)OC(C)(C)CCOC(C)C. The normalized spacial score (nSPS) is 14.6. The van der Waals surface area contributed by atoms with Crippen molar-refractivity contribution in [1.29, 1.82) is 0 Å².